The van der Waals surface area contributed by atoms with Crippen molar-refractivity contribution in [1.82, 2.24) is 15.0 Å². The monoisotopic (exact) mass is 394 g/mol. The van der Waals surface area contributed by atoms with Crippen LogP contribution in [-0.4, -0.2) is 54.3 Å². The van der Waals surface area contributed by atoms with E-state index in [4.69, 9.17) is 31.3 Å². The molecule has 0 saturated carbocycles. The maximum atomic E-state index is 12.3. The van der Waals surface area contributed by atoms with Gasteiger partial charge in [0.25, 0.3) is 0 Å². The number of ether oxygens (including phenoxy) is 2. The van der Waals surface area contributed by atoms with Gasteiger partial charge in [-0.15, -0.1) is 0 Å². The van der Waals surface area contributed by atoms with Crippen molar-refractivity contribution in [2.75, 3.05) is 27.3 Å². The normalized spacial score (nSPS) is 17.0. The van der Waals surface area contributed by atoms with E-state index in [-0.39, 0.29) is 11.9 Å². The third kappa shape index (κ3) is 4.51. The lowest BCUT2D eigenvalue weighted by atomic mass is 10.1. The Morgan fingerprint density at radius 2 is 2.22 bits per heavy atom. The molecule has 2 aromatic rings. The number of aryl methyl sites for hydroxylation is 1. The quantitative estimate of drug-likeness (QED) is 0.801. The zero-order chi connectivity index (χ0) is 19.4. The number of halogens is 1. The minimum atomic E-state index is 0.0547. The number of rotatable bonds is 6. The number of benzene rings is 1. The van der Waals surface area contributed by atoms with Crippen LogP contribution < -0.4 is 15.2 Å². The van der Waals surface area contributed by atoms with Gasteiger partial charge in [0, 0.05) is 37.5 Å². The van der Waals surface area contributed by atoms with Crippen LogP contribution in [0.4, 0.5) is 0 Å². The van der Waals surface area contributed by atoms with Gasteiger partial charge in [-0.2, -0.15) is 4.98 Å². The van der Waals surface area contributed by atoms with Crippen molar-refractivity contribution in [3.63, 3.8) is 0 Å². The summed E-state index contributed by atoms with van der Waals surface area (Å²) in [4.78, 5) is 18.5. The number of amides is 1. The molecule has 1 amide bonds. The van der Waals surface area contributed by atoms with Crippen molar-refractivity contribution < 1.29 is 18.8 Å². The van der Waals surface area contributed by atoms with Crippen molar-refractivity contribution in [2.24, 2.45) is 5.73 Å². The number of carbonyl (C=O) groups excluding carboxylic acids is 1. The van der Waals surface area contributed by atoms with Crippen molar-refractivity contribution >= 4 is 17.5 Å². The number of aromatic nitrogens is 2. The van der Waals surface area contributed by atoms with Crippen molar-refractivity contribution in [1.29, 1.82) is 0 Å². The molecule has 1 aromatic heterocycles. The van der Waals surface area contributed by atoms with Crippen molar-refractivity contribution in [3.8, 4) is 22.9 Å². The Bertz CT molecular complexity index is 811. The summed E-state index contributed by atoms with van der Waals surface area (Å²) in [6.07, 6.45) is 2.59. The summed E-state index contributed by atoms with van der Waals surface area (Å²) in [5.74, 6) is 1.74. The van der Waals surface area contributed by atoms with Gasteiger partial charge in [-0.1, -0.05) is 16.8 Å². The minimum Gasteiger partial charge on any atom is -0.493 e. The first-order chi connectivity index (χ1) is 13.0. The Hall–Kier alpha value is -2.32. The molecule has 3 rings (SSSR count). The summed E-state index contributed by atoms with van der Waals surface area (Å²) in [7, 11) is 3.04. The van der Waals surface area contributed by atoms with Crippen LogP contribution in [0.5, 0.6) is 11.5 Å². The highest BCUT2D eigenvalue weighted by Gasteiger charge is 2.22. The van der Waals surface area contributed by atoms with Gasteiger partial charge in [0.1, 0.15) is 0 Å². The van der Waals surface area contributed by atoms with Gasteiger partial charge in [-0.25, -0.2) is 0 Å². The largest absolute Gasteiger partial charge is 0.493 e. The van der Waals surface area contributed by atoms with Crippen LogP contribution in [0.1, 0.15) is 25.2 Å². The predicted octanol–water partition coefficient (Wildman–Crippen LogP) is 2.29. The fourth-order valence-corrected chi connectivity index (χ4v) is 3.42. The van der Waals surface area contributed by atoms with Gasteiger partial charge >= 0.3 is 0 Å². The number of likely N-dealkylation sites (tertiary alicyclic amines) is 1. The average molecular weight is 395 g/mol. The fourth-order valence-electron chi connectivity index (χ4n) is 3.13. The van der Waals surface area contributed by atoms with E-state index >= 15 is 0 Å². The first-order valence-corrected chi connectivity index (χ1v) is 9.17. The summed E-state index contributed by atoms with van der Waals surface area (Å²) in [6.45, 7) is 1.36. The summed E-state index contributed by atoms with van der Waals surface area (Å²) in [5.41, 5.74) is 6.57. The summed E-state index contributed by atoms with van der Waals surface area (Å²) >= 11 is 6.22. The van der Waals surface area contributed by atoms with E-state index in [0.29, 0.717) is 53.2 Å². The van der Waals surface area contributed by atoms with Crippen LogP contribution in [0.3, 0.4) is 0 Å². The fraction of sp³-hybridized carbons (Fsp3) is 0.500. The standard InChI is InChI=1S/C18H23ClN4O4/c1-25-14-9-11(8-13(19)17(14)26-2)18-21-15(27-22-18)5-6-16(24)23-7-3-4-12(20)10-23/h8-9,12H,3-7,10,20H2,1-2H3. The van der Waals surface area contributed by atoms with Crippen LogP contribution in [0.2, 0.25) is 5.02 Å². The second-order valence-corrected chi connectivity index (χ2v) is 6.85. The molecule has 1 saturated heterocycles. The zero-order valence-corrected chi connectivity index (χ0v) is 16.2. The second-order valence-electron chi connectivity index (χ2n) is 6.45. The van der Waals surface area contributed by atoms with Gasteiger partial charge in [0.2, 0.25) is 17.6 Å². The van der Waals surface area contributed by atoms with Crippen LogP contribution in [0.15, 0.2) is 16.7 Å². The van der Waals surface area contributed by atoms with Crippen LogP contribution in [0, 0.1) is 0 Å². The number of nitrogens with two attached hydrogens (primary N) is 1. The number of carbonyl (C=O) groups is 1. The molecule has 2 heterocycles. The molecule has 1 aliphatic heterocycles. The summed E-state index contributed by atoms with van der Waals surface area (Å²) < 4.78 is 15.8. The van der Waals surface area contributed by atoms with Gasteiger partial charge in [0.05, 0.1) is 19.2 Å². The Morgan fingerprint density at radius 3 is 2.93 bits per heavy atom. The van der Waals surface area contributed by atoms with E-state index < -0.39 is 0 Å². The van der Waals surface area contributed by atoms with Gasteiger partial charge in [-0.3, -0.25) is 4.79 Å². The Balaban J connectivity index is 1.66. The van der Waals surface area contributed by atoms with Crippen LogP contribution in [0.25, 0.3) is 11.4 Å². The second kappa shape index (κ2) is 8.58. The first kappa shape index (κ1) is 19.4. The third-order valence-electron chi connectivity index (χ3n) is 4.52. The maximum absolute atomic E-state index is 12.3. The molecule has 1 aliphatic rings. The predicted molar refractivity (Wildman–Crippen MR) is 100.0 cm³/mol. The minimum absolute atomic E-state index is 0.0547. The molecular weight excluding hydrogens is 372 g/mol. The lowest BCUT2D eigenvalue weighted by Crippen LogP contribution is -2.45. The molecule has 2 N–H and O–H groups in total. The lowest BCUT2D eigenvalue weighted by Gasteiger charge is -2.30. The lowest BCUT2D eigenvalue weighted by molar-refractivity contribution is -0.132. The number of methoxy groups -OCH3 is 2. The molecule has 0 spiro atoms. The molecule has 0 bridgehead atoms. The number of piperidine rings is 1. The number of hydrogen-bond acceptors (Lipinski definition) is 7. The highest BCUT2D eigenvalue weighted by atomic mass is 35.5. The topological polar surface area (TPSA) is 104 Å². The van der Waals surface area contributed by atoms with E-state index in [9.17, 15) is 4.79 Å². The van der Waals surface area contributed by atoms with Crippen LogP contribution >= 0.6 is 11.6 Å². The molecule has 27 heavy (non-hydrogen) atoms. The molecule has 1 fully saturated rings. The Labute approximate surface area is 162 Å². The molecule has 146 valence electrons. The van der Waals surface area contributed by atoms with E-state index in [0.717, 1.165) is 19.4 Å². The van der Waals surface area contributed by atoms with E-state index in [1.807, 2.05) is 0 Å². The average Bonchev–Trinajstić information content (AvgIpc) is 3.14. The summed E-state index contributed by atoms with van der Waals surface area (Å²) in [5, 5.41) is 4.36. The van der Waals surface area contributed by atoms with Gasteiger partial charge < -0.3 is 24.6 Å². The Morgan fingerprint density at radius 1 is 1.41 bits per heavy atom. The zero-order valence-electron chi connectivity index (χ0n) is 15.4. The molecule has 1 aromatic carbocycles. The van der Waals surface area contributed by atoms with E-state index in [1.165, 1.54) is 14.2 Å². The first-order valence-electron chi connectivity index (χ1n) is 8.79. The third-order valence-corrected chi connectivity index (χ3v) is 4.80. The highest BCUT2D eigenvalue weighted by Crippen LogP contribution is 2.38. The van der Waals surface area contributed by atoms with Gasteiger partial charge in [0.15, 0.2) is 11.5 Å². The van der Waals surface area contributed by atoms with E-state index in [2.05, 4.69) is 10.1 Å². The maximum Gasteiger partial charge on any atom is 0.227 e. The smallest absolute Gasteiger partial charge is 0.227 e. The SMILES string of the molecule is COc1cc(-c2noc(CCC(=O)N3CCCC(N)C3)n2)cc(Cl)c1OC. The molecular formula is C18H23ClN4O4. The number of hydrogen-bond donors (Lipinski definition) is 1. The molecule has 1 atom stereocenters. The molecule has 9 heteroatoms. The molecule has 0 radical (unpaired) electrons. The molecule has 1 unspecified atom stereocenters. The number of nitrogens with zero attached hydrogens (tertiary/aromatic N) is 3. The summed E-state index contributed by atoms with van der Waals surface area (Å²) in [6, 6.07) is 3.46. The van der Waals surface area contributed by atoms with Crippen molar-refractivity contribution in [2.45, 2.75) is 31.7 Å². The molecule has 8 nitrogen and oxygen atoms in total. The highest BCUT2D eigenvalue weighted by molar-refractivity contribution is 6.32. The Kier molecular flexibility index (Phi) is 6.18. The molecule has 0 aliphatic carbocycles. The van der Waals surface area contributed by atoms with Crippen molar-refractivity contribution in [3.05, 3.63) is 23.0 Å². The van der Waals surface area contributed by atoms with Gasteiger partial charge in [-0.05, 0) is 25.0 Å². The van der Waals surface area contributed by atoms with Crippen LogP contribution in [-0.2, 0) is 11.2 Å². The van der Waals surface area contributed by atoms with E-state index in [1.54, 1.807) is 17.0 Å².